The van der Waals surface area contributed by atoms with Crippen LogP contribution in [0.15, 0.2) is 78.9 Å². The Balaban J connectivity index is 1.82. The number of nitrogens with zero attached hydrogens (tertiary/aromatic N) is 2. The van der Waals surface area contributed by atoms with Crippen LogP contribution in [0.1, 0.15) is 36.5 Å². The van der Waals surface area contributed by atoms with Crippen LogP contribution in [-0.2, 0) is 39.0 Å². The van der Waals surface area contributed by atoms with Crippen molar-refractivity contribution in [1.29, 1.82) is 0 Å². The van der Waals surface area contributed by atoms with Gasteiger partial charge in [-0.2, -0.15) is 0 Å². The van der Waals surface area contributed by atoms with Gasteiger partial charge in [-0.3, -0.25) is 13.9 Å². The Kier molecular flexibility index (Phi) is 10.9. The van der Waals surface area contributed by atoms with Crippen molar-refractivity contribution in [3.63, 3.8) is 0 Å². The van der Waals surface area contributed by atoms with Gasteiger partial charge in [0.25, 0.3) is 0 Å². The van der Waals surface area contributed by atoms with Gasteiger partial charge >= 0.3 is 0 Å². The van der Waals surface area contributed by atoms with Crippen LogP contribution in [0, 0.1) is 0 Å². The predicted octanol–water partition coefficient (Wildman–Crippen LogP) is 4.83. The third-order valence-corrected chi connectivity index (χ3v) is 8.01. The lowest BCUT2D eigenvalue weighted by atomic mass is 10.0. The van der Waals surface area contributed by atoms with Gasteiger partial charge in [0.05, 0.1) is 11.9 Å². The minimum Gasteiger partial charge on any atom is -0.357 e. The van der Waals surface area contributed by atoms with Crippen LogP contribution in [0.4, 0.5) is 5.69 Å². The highest BCUT2D eigenvalue weighted by Gasteiger charge is 2.30. The number of hydrogen-bond donors (Lipinski definition) is 1. The molecular weight excluding hydrogens is 534 g/mol. The number of aryl methyl sites for hydroxylation is 1. The molecular formula is C30H36ClN3O4S. The lowest BCUT2D eigenvalue weighted by Gasteiger charge is -2.31. The van der Waals surface area contributed by atoms with Crippen LogP contribution in [0.25, 0.3) is 0 Å². The molecule has 3 rings (SSSR count). The normalized spacial score (nSPS) is 12.0. The summed E-state index contributed by atoms with van der Waals surface area (Å²) in [6.45, 7) is 2.40. The number of amides is 2. The number of rotatable bonds is 13. The zero-order chi connectivity index (χ0) is 28.4. The molecule has 0 spiro atoms. The first kappa shape index (κ1) is 30.2. The van der Waals surface area contributed by atoms with Crippen molar-refractivity contribution >= 4 is 39.1 Å². The molecule has 0 aromatic heterocycles. The Morgan fingerprint density at radius 3 is 2.08 bits per heavy atom. The molecule has 0 saturated heterocycles. The fourth-order valence-electron chi connectivity index (χ4n) is 4.41. The third kappa shape index (κ3) is 8.83. The van der Waals surface area contributed by atoms with E-state index in [1.807, 2.05) is 61.5 Å². The predicted molar refractivity (Wildman–Crippen MR) is 157 cm³/mol. The maximum absolute atomic E-state index is 13.7. The number of sulfonamides is 1. The number of carbonyl (C=O) groups is 2. The monoisotopic (exact) mass is 569 g/mol. The summed E-state index contributed by atoms with van der Waals surface area (Å²) in [6.07, 6.45) is 2.74. The number of halogens is 1. The van der Waals surface area contributed by atoms with Crippen LogP contribution in [-0.4, -0.2) is 51.0 Å². The maximum atomic E-state index is 13.7. The lowest BCUT2D eigenvalue weighted by molar-refractivity contribution is -0.141. The minimum atomic E-state index is -3.55. The first-order valence-electron chi connectivity index (χ1n) is 13.0. The average Bonchev–Trinajstić information content (AvgIpc) is 2.93. The number of nitrogens with one attached hydrogen (secondary N) is 1. The molecule has 0 aliphatic carbocycles. The van der Waals surface area contributed by atoms with Gasteiger partial charge in [-0.15, -0.1) is 0 Å². The number of carbonyl (C=O) groups excluding carboxylic acids is 2. The molecule has 0 aliphatic heterocycles. The lowest BCUT2D eigenvalue weighted by Crippen LogP contribution is -2.49. The summed E-state index contributed by atoms with van der Waals surface area (Å²) in [5.41, 5.74) is 3.44. The van der Waals surface area contributed by atoms with Crippen molar-refractivity contribution in [2.45, 2.75) is 45.2 Å². The van der Waals surface area contributed by atoms with Crippen molar-refractivity contribution in [1.82, 2.24) is 10.2 Å². The maximum Gasteiger partial charge on any atom is 0.242 e. The Morgan fingerprint density at radius 2 is 1.51 bits per heavy atom. The SMILES string of the molecule is CCc1ccc(N(CCCC(=O)N(Cc2ccc(Cl)cc2)[C@H](Cc2ccccc2)C(=O)NC)S(C)(=O)=O)cc1. The van der Waals surface area contributed by atoms with Crippen LogP contribution < -0.4 is 9.62 Å². The molecule has 208 valence electrons. The second kappa shape index (κ2) is 14.1. The van der Waals surface area contributed by atoms with E-state index in [9.17, 15) is 18.0 Å². The quantitative estimate of drug-likeness (QED) is 0.319. The van der Waals surface area contributed by atoms with Gasteiger partial charge in [-0.1, -0.05) is 73.1 Å². The van der Waals surface area contributed by atoms with E-state index in [1.54, 1.807) is 36.2 Å². The summed E-state index contributed by atoms with van der Waals surface area (Å²) in [4.78, 5) is 28.3. The first-order valence-corrected chi connectivity index (χ1v) is 15.2. The van der Waals surface area contributed by atoms with E-state index in [2.05, 4.69) is 5.32 Å². The molecule has 1 atom stereocenters. The van der Waals surface area contributed by atoms with Gasteiger partial charge in [0.15, 0.2) is 0 Å². The number of likely N-dealkylation sites (N-methyl/N-ethyl adjacent to an activating group) is 1. The second-order valence-electron chi connectivity index (χ2n) is 9.43. The molecule has 2 amide bonds. The summed E-state index contributed by atoms with van der Waals surface area (Å²) in [6, 6.07) is 23.4. The minimum absolute atomic E-state index is 0.0783. The first-order chi connectivity index (χ1) is 18.6. The summed E-state index contributed by atoms with van der Waals surface area (Å²) in [5.74, 6) is -0.501. The summed E-state index contributed by atoms with van der Waals surface area (Å²) >= 11 is 6.06. The van der Waals surface area contributed by atoms with Gasteiger partial charge in [0.1, 0.15) is 6.04 Å². The van der Waals surface area contributed by atoms with Crippen molar-refractivity contribution in [2.24, 2.45) is 0 Å². The molecule has 0 aliphatic rings. The smallest absolute Gasteiger partial charge is 0.242 e. The van der Waals surface area contributed by atoms with E-state index in [0.29, 0.717) is 23.6 Å². The van der Waals surface area contributed by atoms with Crippen LogP contribution in [0.5, 0.6) is 0 Å². The van der Waals surface area contributed by atoms with E-state index >= 15 is 0 Å². The summed E-state index contributed by atoms with van der Waals surface area (Å²) in [7, 11) is -2.00. The molecule has 7 nitrogen and oxygen atoms in total. The van der Waals surface area contributed by atoms with Crippen LogP contribution in [0.3, 0.4) is 0 Å². The highest BCUT2D eigenvalue weighted by atomic mass is 35.5. The van der Waals surface area contributed by atoms with E-state index in [1.165, 1.54) is 4.31 Å². The molecule has 39 heavy (non-hydrogen) atoms. The average molecular weight is 570 g/mol. The number of benzene rings is 3. The van der Waals surface area contributed by atoms with Gasteiger partial charge in [0.2, 0.25) is 21.8 Å². The Morgan fingerprint density at radius 1 is 0.897 bits per heavy atom. The highest BCUT2D eigenvalue weighted by Crippen LogP contribution is 2.21. The van der Waals surface area contributed by atoms with Gasteiger partial charge in [0, 0.05) is 38.0 Å². The molecule has 1 N–H and O–H groups in total. The largest absolute Gasteiger partial charge is 0.357 e. The summed E-state index contributed by atoms with van der Waals surface area (Å²) < 4.78 is 26.5. The van der Waals surface area contributed by atoms with Crippen molar-refractivity contribution in [2.75, 3.05) is 24.2 Å². The molecule has 0 heterocycles. The van der Waals surface area contributed by atoms with Crippen LogP contribution >= 0.6 is 11.6 Å². The zero-order valence-corrected chi connectivity index (χ0v) is 24.2. The fraction of sp³-hybridized carbons (Fsp3) is 0.333. The van der Waals surface area contributed by atoms with Crippen LogP contribution in [0.2, 0.25) is 5.02 Å². The van der Waals surface area contributed by atoms with Crippen molar-refractivity contribution < 1.29 is 18.0 Å². The number of anilines is 1. The Hall–Kier alpha value is -3.36. The van der Waals surface area contributed by atoms with E-state index < -0.39 is 16.1 Å². The zero-order valence-electron chi connectivity index (χ0n) is 22.6. The Bertz CT molecular complexity index is 1330. The van der Waals surface area contributed by atoms with Crippen molar-refractivity contribution in [3.05, 3.63) is 101 Å². The van der Waals surface area contributed by atoms with Gasteiger partial charge < -0.3 is 10.2 Å². The van der Waals surface area contributed by atoms with E-state index in [4.69, 9.17) is 11.6 Å². The molecule has 0 radical (unpaired) electrons. The van der Waals surface area contributed by atoms with Gasteiger partial charge in [-0.25, -0.2) is 8.42 Å². The molecule has 0 saturated carbocycles. The van der Waals surface area contributed by atoms with Crippen molar-refractivity contribution in [3.8, 4) is 0 Å². The van der Waals surface area contributed by atoms with E-state index in [0.717, 1.165) is 29.4 Å². The number of hydrogen-bond acceptors (Lipinski definition) is 4. The topological polar surface area (TPSA) is 86.8 Å². The molecule has 0 bridgehead atoms. The second-order valence-corrected chi connectivity index (χ2v) is 11.8. The standard InChI is InChI=1S/C30H36ClN3O4S/c1-4-23-14-18-27(19-15-23)34(39(3,37)38)20-8-11-29(35)33(22-25-12-16-26(31)17-13-25)28(30(36)32-2)21-24-9-6-5-7-10-24/h5-7,9-10,12-19,28H,4,8,11,20-22H2,1-3H3,(H,32,36)/t28-/m1/s1. The summed E-state index contributed by atoms with van der Waals surface area (Å²) in [5, 5.41) is 3.28. The van der Waals surface area contributed by atoms with E-state index in [-0.39, 0.29) is 31.3 Å². The van der Waals surface area contributed by atoms with Gasteiger partial charge in [-0.05, 0) is 53.8 Å². The third-order valence-electron chi connectivity index (χ3n) is 6.57. The molecule has 0 fully saturated rings. The molecule has 3 aromatic carbocycles. The molecule has 3 aromatic rings. The fourth-order valence-corrected chi connectivity index (χ4v) is 5.50. The molecule has 9 heteroatoms. The highest BCUT2D eigenvalue weighted by molar-refractivity contribution is 7.92. The molecule has 0 unspecified atom stereocenters. The Labute approximate surface area is 236 Å².